The van der Waals surface area contributed by atoms with Crippen LogP contribution in [0.15, 0.2) is 71.5 Å². The van der Waals surface area contributed by atoms with Crippen molar-refractivity contribution in [2.45, 2.75) is 51.0 Å². The van der Waals surface area contributed by atoms with Crippen molar-refractivity contribution in [2.24, 2.45) is 0 Å². The number of para-hydroxylation sites is 1. The SMILES string of the molecule is O=C(CCN1CCC(OC(=O)Nc2ccccc2-c2ccccc2)CC1)NCCCCCNCCc1ccc(O)c2[nH]c(=O)sc12. The molecule has 0 unspecified atom stereocenters. The van der Waals surface area contributed by atoms with Crippen LogP contribution in [0, 0.1) is 0 Å². The summed E-state index contributed by atoms with van der Waals surface area (Å²) in [4.78, 5) is 41.5. The van der Waals surface area contributed by atoms with Gasteiger partial charge < -0.3 is 30.4 Å². The first-order valence-electron chi connectivity index (χ1n) is 16.1. The van der Waals surface area contributed by atoms with Crippen molar-refractivity contribution in [2.75, 3.05) is 44.6 Å². The first-order valence-corrected chi connectivity index (χ1v) is 16.9. The number of aromatic nitrogens is 1. The number of hydrogen-bond donors (Lipinski definition) is 5. The lowest BCUT2D eigenvalue weighted by atomic mass is 10.0. The Hall–Kier alpha value is -4.19. The zero-order valence-electron chi connectivity index (χ0n) is 26.1. The number of likely N-dealkylation sites (tertiary alicyclic amines) is 1. The molecule has 1 aliphatic rings. The number of thiazole rings is 1. The molecule has 2 amide bonds. The number of fused-ring (bicyclic) bond motifs is 1. The van der Waals surface area contributed by atoms with Gasteiger partial charge in [-0.25, -0.2) is 4.79 Å². The van der Waals surface area contributed by atoms with Crippen LogP contribution >= 0.6 is 11.3 Å². The molecule has 10 nitrogen and oxygen atoms in total. The number of piperidine rings is 1. The van der Waals surface area contributed by atoms with Crippen molar-refractivity contribution < 1.29 is 19.4 Å². The zero-order valence-corrected chi connectivity index (χ0v) is 26.9. The van der Waals surface area contributed by atoms with Crippen LogP contribution in [0.25, 0.3) is 21.3 Å². The van der Waals surface area contributed by atoms with E-state index in [-0.39, 0.29) is 22.6 Å². The summed E-state index contributed by atoms with van der Waals surface area (Å²) in [6, 6.07) is 21.1. The van der Waals surface area contributed by atoms with E-state index in [9.17, 15) is 19.5 Å². The lowest BCUT2D eigenvalue weighted by Crippen LogP contribution is -2.40. The first kappa shape index (κ1) is 33.2. The Morgan fingerprint density at radius 2 is 1.70 bits per heavy atom. The molecule has 0 saturated carbocycles. The largest absolute Gasteiger partial charge is 0.506 e. The number of H-pyrrole nitrogens is 1. The smallest absolute Gasteiger partial charge is 0.411 e. The lowest BCUT2D eigenvalue weighted by molar-refractivity contribution is -0.121. The quantitative estimate of drug-likeness (QED) is 0.108. The average molecular weight is 646 g/mol. The fraction of sp³-hybridized carbons (Fsp3) is 0.400. The van der Waals surface area contributed by atoms with E-state index in [0.29, 0.717) is 25.0 Å². The van der Waals surface area contributed by atoms with Crippen LogP contribution in [0.3, 0.4) is 0 Å². The summed E-state index contributed by atoms with van der Waals surface area (Å²) in [7, 11) is 0. The standard InChI is InChI=1S/C35H43N5O5S/c41-30-14-13-26(33-32(30)39-35(44)46-33)15-21-36-19-7-2-8-20-37-31(42)18-24-40-22-16-27(17-23-40)45-34(43)38-29-12-6-5-11-28(29)25-9-3-1-4-10-25/h1,3-6,9-14,27,36,41H,2,7-8,15-24H2,(H,37,42)(H,38,43)(H,39,44). The van der Waals surface area contributed by atoms with Crippen LogP contribution in [0.4, 0.5) is 10.5 Å². The summed E-state index contributed by atoms with van der Waals surface area (Å²) < 4.78 is 6.55. The molecule has 1 aliphatic heterocycles. The number of carbonyl (C=O) groups is 2. The molecule has 5 rings (SSSR count). The van der Waals surface area contributed by atoms with E-state index in [1.807, 2.05) is 60.7 Å². The molecule has 1 aromatic heterocycles. The topological polar surface area (TPSA) is 136 Å². The number of phenolic OH excluding ortho intramolecular Hbond substituents is 1. The number of nitrogens with zero attached hydrogens (tertiary/aromatic N) is 1. The number of unbranched alkanes of at least 4 members (excludes halogenated alkanes) is 2. The molecule has 1 fully saturated rings. The highest BCUT2D eigenvalue weighted by atomic mass is 32.1. The molecule has 244 valence electrons. The molecule has 3 aromatic carbocycles. The van der Waals surface area contributed by atoms with Crippen molar-refractivity contribution in [1.82, 2.24) is 20.5 Å². The predicted molar refractivity (Wildman–Crippen MR) is 184 cm³/mol. The molecule has 0 spiro atoms. The lowest BCUT2D eigenvalue weighted by Gasteiger charge is -2.31. The van der Waals surface area contributed by atoms with Crippen LogP contribution in [0.1, 0.15) is 44.1 Å². The van der Waals surface area contributed by atoms with E-state index in [1.54, 1.807) is 6.07 Å². The van der Waals surface area contributed by atoms with Crippen LogP contribution in [0.5, 0.6) is 5.75 Å². The average Bonchev–Trinajstić information content (AvgIpc) is 3.47. The van der Waals surface area contributed by atoms with E-state index in [2.05, 4.69) is 25.8 Å². The maximum Gasteiger partial charge on any atom is 0.411 e. The number of anilines is 1. The number of rotatable bonds is 15. The maximum absolute atomic E-state index is 12.7. The fourth-order valence-corrected chi connectivity index (χ4v) is 6.65. The molecular formula is C35H43N5O5S. The highest BCUT2D eigenvalue weighted by molar-refractivity contribution is 7.16. The molecule has 46 heavy (non-hydrogen) atoms. The van der Waals surface area contributed by atoms with Crippen LogP contribution in [0.2, 0.25) is 0 Å². The number of benzene rings is 3. The molecule has 11 heteroatoms. The van der Waals surface area contributed by atoms with Crippen molar-refractivity contribution in [1.29, 1.82) is 0 Å². The summed E-state index contributed by atoms with van der Waals surface area (Å²) >= 11 is 1.13. The van der Waals surface area contributed by atoms with Gasteiger partial charge in [-0.1, -0.05) is 72.4 Å². The second kappa shape index (κ2) is 16.9. The third-order valence-corrected chi connectivity index (χ3v) is 9.23. The normalized spacial score (nSPS) is 13.9. The van der Waals surface area contributed by atoms with E-state index in [0.717, 1.165) is 103 Å². The molecule has 1 saturated heterocycles. The number of nitrogens with one attached hydrogen (secondary N) is 4. The summed E-state index contributed by atoms with van der Waals surface area (Å²) in [5.41, 5.74) is 4.27. The van der Waals surface area contributed by atoms with Gasteiger partial charge in [0.05, 0.1) is 10.4 Å². The first-order chi connectivity index (χ1) is 22.5. The van der Waals surface area contributed by atoms with Gasteiger partial charge in [-0.15, -0.1) is 0 Å². The third-order valence-electron chi connectivity index (χ3n) is 8.27. The molecular weight excluding hydrogens is 602 g/mol. The number of amides is 2. The number of phenols is 1. The monoisotopic (exact) mass is 645 g/mol. The molecule has 0 atom stereocenters. The van der Waals surface area contributed by atoms with E-state index < -0.39 is 6.09 Å². The minimum absolute atomic E-state index is 0.0697. The summed E-state index contributed by atoms with van der Waals surface area (Å²) in [5, 5.41) is 19.3. The number of aromatic hydroxyl groups is 1. The zero-order chi connectivity index (χ0) is 32.1. The second-order valence-electron chi connectivity index (χ2n) is 11.6. The molecule has 0 bridgehead atoms. The Kier molecular flexibility index (Phi) is 12.2. The van der Waals surface area contributed by atoms with Crippen molar-refractivity contribution >= 4 is 39.2 Å². The molecule has 2 heterocycles. The van der Waals surface area contributed by atoms with Crippen molar-refractivity contribution in [3.63, 3.8) is 0 Å². The van der Waals surface area contributed by atoms with Gasteiger partial charge in [-0.05, 0) is 68.5 Å². The maximum atomic E-state index is 12.7. The van der Waals surface area contributed by atoms with Gasteiger partial charge in [0, 0.05) is 38.2 Å². The van der Waals surface area contributed by atoms with Crippen molar-refractivity contribution in [3.05, 3.63) is 82.0 Å². The van der Waals surface area contributed by atoms with E-state index >= 15 is 0 Å². The van der Waals surface area contributed by atoms with E-state index in [1.165, 1.54) is 0 Å². The van der Waals surface area contributed by atoms with Gasteiger partial charge in [0.1, 0.15) is 17.4 Å². The highest BCUT2D eigenvalue weighted by Gasteiger charge is 2.23. The summed E-state index contributed by atoms with van der Waals surface area (Å²) in [6.45, 7) is 4.65. The predicted octanol–water partition coefficient (Wildman–Crippen LogP) is 5.48. The van der Waals surface area contributed by atoms with Gasteiger partial charge >= 0.3 is 11.0 Å². The fourth-order valence-electron chi connectivity index (χ4n) is 5.75. The van der Waals surface area contributed by atoms with Gasteiger partial charge in [0.25, 0.3) is 0 Å². The van der Waals surface area contributed by atoms with Crippen LogP contribution < -0.4 is 20.8 Å². The van der Waals surface area contributed by atoms with E-state index in [4.69, 9.17) is 4.74 Å². The van der Waals surface area contributed by atoms with Gasteiger partial charge in [0.15, 0.2) is 0 Å². The molecule has 4 aromatic rings. The second-order valence-corrected chi connectivity index (χ2v) is 12.6. The Labute approximate surface area is 273 Å². The molecule has 5 N–H and O–H groups in total. The minimum atomic E-state index is -0.440. The third kappa shape index (κ3) is 9.65. The minimum Gasteiger partial charge on any atom is -0.506 e. The Morgan fingerprint density at radius 3 is 2.52 bits per heavy atom. The summed E-state index contributed by atoms with van der Waals surface area (Å²) in [6.07, 6.45) is 5.14. The Balaban J connectivity index is 0.883. The van der Waals surface area contributed by atoms with Gasteiger partial charge in [0.2, 0.25) is 5.91 Å². The number of carbonyl (C=O) groups excluding carboxylic acids is 2. The van der Waals surface area contributed by atoms with Crippen LogP contribution in [-0.2, 0) is 16.0 Å². The Morgan fingerprint density at radius 1 is 0.935 bits per heavy atom. The van der Waals surface area contributed by atoms with Gasteiger partial charge in [-0.3, -0.25) is 14.9 Å². The number of aromatic amines is 1. The number of hydrogen-bond acceptors (Lipinski definition) is 8. The van der Waals surface area contributed by atoms with Crippen molar-refractivity contribution in [3.8, 4) is 16.9 Å². The van der Waals surface area contributed by atoms with Crippen LogP contribution in [-0.4, -0.2) is 72.4 Å². The Bertz CT molecular complexity index is 1630. The van der Waals surface area contributed by atoms with Gasteiger partial charge in [-0.2, -0.15) is 0 Å². The number of ether oxygens (including phenoxy) is 1. The highest BCUT2D eigenvalue weighted by Crippen LogP contribution is 2.29. The molecule has 0 radical (unpaired) electrons. The molecule has 0 aliphatic carbocycles. The summed E-state index contributed by atoms with van der Waals surface area (Å²) in [5.74, 6) is 0.174.